The molecule has 82 heavy (non-hydrogen) atoms. The lowest BCUT2D eigenvalue weighted by molar-refractivity contribution is 0.425. The summed E-state index contributed by atoms with van der Waals surface area (Å²) in [4.78, 5) is 4.79. The van der Waals surface area contributed by atoms with Crippen molar-refractivity contribution >= 4 is 34.1 Å². The molecule has 1 unspecified atom stereocenters. The molecule has 0 saturated heterocycles. The number of rotatable bonds is 13. The molecule has 0 amide bonds. The molecule has 0 bridgehead atoms. The van der Waals surface area contributed by atoms with E-state index >= 15 is 0 Å². The van der Waals surface area contributed by atoms with Crippen LogP contribution in [-0.4, -0.2) is 0 Å². The third-order valence-corrected chi connectivity index (χ3v) is 17.1. The van der Waals surface area contributed by atoms with Crippen LogP contribution in [0.25, 0.3) is 66.8 Å². The number of nitrogens with zero attached hydrogens (tertiary/aromatic N) is 2. The standard InChI is InChI=1S/C80H66N2/c1-56-52-67(37-50-77(56)81(71-41-28-62(29-42-71)58-18-10-6-11-19-58)72-43-30-63(31-44-72)59-20-12-7-13-21-59)66-26-39-70(40-27-66)80(5)55-79(3,4)75-49-36-69(54-76(75)80)68-38-51-78(57(2)53-68)82(73-45-32-64(33-46-73)60-22-14-8-15-23-60)74-47-34-65(35-48-74)61-24-16-9-17-25-61/h6-54H,55H2,1-5H3. The van der Waals surface area contributed by atoms with Crippen molar-refractivity contribution in [3.63, 3.8) is 0 Å². The van der Waals surface area contributed by atoms with Crippen molar-refractivity contribution in [3.8, 4) is 66.8 Å². The second-order valence-corrected chi connectivity index (χ2v) is 23.1. The van der Waals surface area contributed by atoms with E-state index in [9.17, 15) is 0 Å². The van der Waals surface area contributed by atoms with Gasteiger partial charge in [0, 0.05) is 39.5 Å². The molecule has 12 aromatic rings. The van der Waals surface area contributed by atoms with Crippen LogP contribution in [0.4, 0.5) is 34.1 Å². The molecule has 1 aliphatic rings. The maximum Gasteiger partial charge on any atom is 0.0491 e. The molecule has 2 heteroatoms. The number of hydrogen-bond donors (Lipinski definition) is 0. The van der Waals surface area contributed by atoms with Crippen LogP contribution in [-0.2, 0) is 10.8 Å². The number of fused-ring (bicyclic) bond motifs is 1. The molecule has 0 aromatic heterocycles. The Hall–Kier alpha value is -9.76. The quantitative estimate of drug-likeness (QED) is 0.114. The van der Waals surface area contributed by atoms with E-state index in [4.69, 9.17) is 0 Å². The first kappa shape index (κ1) is 51.7. The summed E-state index contributed by atoms with van der Waals surface area (Å²) >= 11 is 0. The van der Waals surface area contributed by atoms with Gasteiger partial charge in [0.2, 0.25) is 0 Å². The van der Waals surface area contributed by atoms with Crippen LogP contribution < -0.4 is 9.80 Å². The fraction of sp³-hybridized carbons (Fsp3) is 0.100. The molecular formula is C80H66N2. The second kappa shape index (κ2) is 21.7. The van der Waals surface area contributed by atoms with Crippen molar-refractivity contribution in [2.24, 2.45) is 0 Å². The predicted molar refractivity (Wildman–Crippen MR) is 348 cm³/mol. The Labute approximate surface area is 484 Å². The van der Waals surface area contributed by atoms with Crippen molar-refractivity contribution in [3.05, 3.63) is 325 Å². The van der Waals surface area contributed by atoms with Crippen molar-refractivity contribution in [1.82, 2.24) is 0 Å². The minimum atomic E-state index is -0.177. The van der Waals surface area contributed by atoms with Gasteiger partial charge in [-0.1, -0.05) is 239 Å². The topological polar surface area (TPSA) is 6.48 Å². The summed E-state index contributed by atoms with van der Waals surface area (Å²) in [7, 11) is 0. The molecule has 0 fully saturated rings. The Balaban J connectivity index is 0.795. The number of benzene rings is 12. The smallest absolute Gasteiger partial charge is 0.0491 e. The van der Waals surface area contributed by atoms with E-state index in [1.54, 1.807) is 0 Å². The molecule has 2 nitrogen and oxygen atoms in total. The van der Waals surface area contributed by atoms with E-state index in [1.807, 2.05) is 0 Å². The third-order valence-electron chi connectivity index (χ3n) is 17.1. The van der Waals surface area contributed by atoms with Crippen LogP contribution in [0.15, 0.2) is 297 Å². The van der Waals surface area contributed by atoms with Crippen LogP contribution >= 0.6 is 0 Å². The van der Waals surface area contributed by atoms with Crippen molar-refractivity contribution < 1.29 is 0 Å². The van der Waals surface area contributed by atoms with E-state index in [0.29, 0.717) is 0 Å². The highest BCUT2D eigenvalue weighted by Gasteiger charge is 2.46. The van der Waals surface area contributed by atoms with Crippen LogP contribution in [0.1, 0.15) is 55.0 Å². The maximum atomic E-state index is 2.49. The van der Waals surface area contributed by atoms with E-state index in [-0.39, 0.29) is 10.8 Å². The average Bonchev–Trinajstić information content (AvgIpc) is 3.52. The fourth-order valence-electron chi connectivity index (χ4n) is 12.9. The van der Waals surface area contributed by atoms with E-state index < -0.39 is 0 Å². The normalized spacial score (nSPS) is 14.3. The molecule has 0 N–H and O–H groups in total. The molecule has 1 atom stereocenters. The van der Waals surface area contributed by atoms with Crippen molar-refractivity contribution in [1.29, 1.82) is 0 Å². The van der Waals surface area contributed by atoms with Gasteiger partial charge in [-0.05, 0) is 199 Å². The average molecular weight is 1060 g/mol. The van der Waals surface area contributed by atoms with E-state index in [2.05, 4.69) is 342 Å². The molecule has 12 aromatic carbocycles. The maximum absolute atomic E-state index is 2.49. The molecule has 13 rings (SSSR count). The van der Waals surface area contributed by atoms with Gasteiger partial charge in [0.25, 0.3) is 0 Å². The number of aryl methyl sites for hydroxylation is 2. The monoisotopic (exact) mass is 1050 g/mol. The van der Waals surface area contributed by atoms with Gasteiger partial charge in [-0.3, -0.25) is 0 Å². The van der Waals surface area contributed by atoms with Gasteiger partial charge >= 0.3 is 0 Å². The van der Waals surface area contributed by atoms with Gasteiger partial charge in [-0.25, -0.2) is 0 Å². The Kier molecular flexibility index (Phi) is 13.7. The summed E-state index contributed by atoms with van der Waals surface area (Å²) in [5, 5.41) is 0. The Morgan fingerprint density at radius 3 is 0.866 bits per heavy atom. The number of anilines is 6. The predicted octanol–water partition coefficient (Wildman–Crippen LogP) is 22.2. The minimum Gasteiger partial charge on any atom is -0.310 e. The summed E-state index contributed by atoms with van der Waals surface area (Å²) in [5.41, 5.74) is 27.7. The Morgan fingerprint density at radius 2 is 0.524 bits per heavy atom. The minimum absolute atomic E-state index is 0.0102. The lowest BCUT2D eigenvalue weighted by Gasteiger charge is -2.29. The lowest BCUT2D eigenvalue weighted by Crippen LogP contribution is -2.23. The molecule has 0 spiro atoms. The number of hydrogen-bond acceptors (Lipinski definition) is 2. The first-order chi connectivity index (χ1) is 40.1. The van der Waals surface area contributed by atoms with Gasteiger partial charge in [0.1, 0.15) is 0 Å². The fourth-order valence-corrected chi connectivity index (χ4v) is 12.9. The van der Waals surface area contributed by atoms with Crippen molar-refractivity contribution in [2.45, 2.75) is 51.9 Å². The Bertz CT molecular complexity index is 4000. The molecule has 1 aliphatic carbocycles. The highest BCUT2D eigenvalue weighted by Crippen LogP contribution is 2.54. The molecule has 0 saturated carbocycles. The van der Waals surface area contributed by atoms with Gasteiger partial charge in [0.15, 0.2) is 0 Å². The van der Waals surface area contributed by atoms with Crippen LogP contribution in [0, 0.1) is 13.8 Å². The third kappa shape index (κ3) is 10.0. The molecule has 396 valence electrons. The molecule has 0 aliphatic heterocycles. The van der Waals surface area contributed by atoms with E-state index in [1.165, 1.54) is 94.6 Å². The first-order valence-corrected chi connectivity index (χ1v) is 28.8. The highest BCUT2D eigenvalue weighted by molar-refractivity contribution is 5.85. The zero-order valence-corrected chi connectivity index (χ0v) is 47.4. The molecule has 0 radical (unpaired) electrons. The van der Waals surface area contributed by atoms with Gasteiger partial charge in [-0.15, -0.1) is 0 Å². The SMILES string of the molecule is Cc1cc(-c2ccc(C3(C)CC(C)(C)c4ccc(-c5ccc(N(c6ccc(-c7ccccc7)cc6)c6ccc(-c7ccccc7)cc6)c(C)c5)cc43)cc2)ccc1N(c1ccc(-c2ccccc2)cc1)c1ccc(-c2ccccc2)cc1. The summed E-state index contributed by atoms with van der Waals surface area (Å²) in [6.45, 7) is 11.8. The van der Waals surface area contributed by atoms with Gasteiger partial charge in [-0.2, -0.15) is 0 Å². The highest BCUT2D eigenvalue weighted by atomic mass is 15.1. The molecular weight excluding hydrogens is 989 g/mol. The molecule has 0 heterocycles. The summed E-state index contributed by atoms with van der Waals surface area (Å²) in [6, 6.07) is 109. The van der Waals surface area contributed by atoms with Crippen LogP contribution in [0.3, 0.4) is 0 Å². The zero-order valence-electron chi connectivity index (χ0n) is 47.4. The first-order valence-electron chi connectivity index (χ1n) is 28.8. The van der Waals surface area contributed by atoms with Crippen LogP contribution in [0.2, 0.25) is 0 Å². The second-order valence-electron chi connectivity index (χ2n) is 23.1. The lowest BCUT2D eigenvalue weighted by atomic mass is 9.74. The van der Waals surface area contributed by atoms with Gasteiger partial charge in [0.05, 0.1) is 0 Å². The van der Waals surface area contributed by atoms with E-state index in [0.717, 1.165) is 40.5 Å². The Morgan fingerprint density at radius 1 is 0.256 bits per heavy atom. The van der Waals surface area contributed by atoms with Crippen molar-refractivity contribution in [2.75, 3.05) is 9.80 Å². The summed E-state index contributed by atoms with van der Waals surface area (Å²) in [6.07, 6.45) is 1.03. The largest absolute Gasteiger partial charge is 0.310 e. The van der Waals surface area contributed by atoms with Gasteiger partial charge < -0.3 is 9.80 Å². The summed E-state index contributed by atoms with van der Waals surface area (Å²) in [5.74, 6) is 0. The zero-order chi connectivity index (χ0) is 55.8. The summed E-state index contributed by atoms with van der Waals surface area (Å²) < 4.78 is 0. The van der Waals surface area contributed by atoms with Crippen LogP contribution in [0.5, 0.6) is 0 Å².